The Labute approximate surface area is 505 Å². The van der Waals surface area contributed by atoms with Crippen molar-refractivity contribution in [2.45, 2.75) is 348 Å². The summed E-state index contributed by atoms with van der Waals surface area (Å²) in [4.78, 5) is 72.1. The Morgan fingerprint density at radius 3 is 0.711 bits per heavy atom. The van der Waals surface area contributed by atoms with Crippen molar-refractivity contribution in [2.75, 3.05) is 39.6 Å². The van der Waals surface area contributed by atoms with Gasteiger partial charge in [-0.25, -0.2) is 9.13 Å². The zero-order valence-electron chi connectivity index (χ0n) is 53.2. The number of hydrogen-bond acceptors (Lipinski definition) is 15. The molecule has 0 aliphatic heterocycles. The van der Waals surface area contributed by atoms with E-state index in [2.05, 4.69) is 27.7 Å². The monoisotopic (exact) mass is 1230 g/mol. The van der Waals surface area contributed by atoms with Crippen molar-refractivity contribution in [1.29, 1.82) is 0 Å². The minimum absolute atomic E-state index is 0.105. The first-order chi connectivity index (χ1) is 40.2. The Morgan fingerprint density at radius 1 is 0.289 bits per heavy atom. The van der Waals surface area contributed by atoms with Gasteiger partial charge in [0.1, 0.15) is 19.3 Å². The molecule has 0 fully saturated rings. The lowest BCUT2D eigenvalue weighted by atomic mass is 10.0. The molecule has 492 valence electrons. The van der Waals surface area contributed by atoms with Crippen molar-refractivity contribution in [3.63, 3.8) is 0 Å². The van der Waals surface area contributed by atoms with Crippen LogP contribution >= 0.6 is 15.6 Å². The number of phosphoric acid groups is 2. The Balaban J connectivity index is 5.20. The van der Waals surface area contributed by atoms with E-state index < -0.39 is 97.5 Å². The van der Waals surface area contributed by atoms with Crippen LogP contribution in [0.3, 0.4) is 0 Å². The van der Waals surface area contributed by atoms with Gasteiger partial charge in [-0.15, -0.1) is 0 Å². The van der Waals surface area contributed by atoms with Gasteiger partial charge in [0.25, 0.3) is 0 Å². The van der Waals surface area contributed by atoms with E-state index in [9.17, 15) is 43.2 Å². The van der Waals surface area contributed by atoms with Gasteiger partial charge in [-0.3, -0.25) is 37.3 Å². The normalized spacial score (nSPS) is 14.2. The summed E-state index contributed by atoms with van der Waals surface area (Å²) >= 11 is 0. The predicted octanol–water partition coefficient (Wildman–Crippen LogP) is 17.9. The number of carbonyl (C=O) groups excluding carboxylic acids is 4. The molecule has 0 radical (unpaired) electrons. The van der Waals surface area contributed by atoms with Crippen LogP contribution in [-0.4, -0.2) is 96.7 Å². The van der Waals surface area contributed by atoms with E-state index in [-0.39, 0.29) is 25.7 Å². The third-order valence-electron chi connectivity index (χ3n) is 14.9. The number of unbranched alkanes of at least 4 members (excludes halogenated alkanes) is 39. The summed E-state index contributed by atoms with van der Waals surface area (Å²) in [7, 11) is -9.88. The van der Waals surface area contributed by atoms with Gasteiger partial charge in [-0.2, -0.15) is 0 Å². The number of ether oxygens (including phenoxy) is 4. The summed E-state index contributed by atoms with van der Waals surface area (Å²) in [6.07, 6.45) is 44.4. The first-order valence-corrected chi connectivity index (χ1v) is 36.8. The predicted molar refractivity (Wildman–Crippen MR) is 331 cm³/mol. The van der Waals surface area contributed by atoms with Crippen LogP contribution in [0.1, 0.15) is 329 Å². The SMILES string of the molecule is CCCCCCCCCCCCCCCCC(=O)O[C@H](COC(=O)CCCCCCCCCCCCCCC)COP(=O)(O)OC[C@@H](O)COP(=O)(O)OC[C@@H](COC(=O)CCCCCCCCCC)OC(=O)CCCCCCCCCC. The molecule has 83 heavy (non-hydrogen) atoms. The van der Waals surface area contributed by atoms with Crippen LogP contribution in [0, 0.1) is 0 Å². The van der Waals surface area contributed by atoms with Crippen molar-refractivity contribution in [3.05, 3.63) is 0 Å². The third-order valence-corrected chi connectivity index (χ3v) is 16.8. The average Bonchev–Trinajstić information content (AvgIpc) is 3.47. The third kappa shape index (κ3) is 58.8. The molecule has 0 bridgehead atoms. The summed E-state index contributed by atoms with van der Waals surface area (Å²) < 4.78 is 67.9. The molecule has 0 saturated heterocycles. The molecule has 5 atom stereocenters. The van der Waals surface area contributed by atoms with Crippen LogP contribution in [-0.2, 0) is 65.4 Å². The second kappa shape index (κ2) is 59.0. The number of aliphatic hydroxyl groups is 1. The number of carbonyl (C=O) groups is 4. The molecular formula is C64H124O17P2. The van der Waals surface area contributed by atoms with Gasteiger partial charge in [0.2, 0.25) is 0 Å². The number of phosphoric ester groups is 2. The molecule has 0 amide bonds. The van der Waals surface area contributed by atoms with Crippen LogP contribution in [0.5, 0.6) is 0 Å². The highest BCUT2D eigenvalue weighted by Crippen LogP contribution is 2.45. The van der Waals surface area contributed by atoms with E-state index in [4.69, 9.17) is 37.0 Å². The fraction of sp³-hybridized carbons (Fsp3) is 0.938. The molecule has 19 heteroatoms. The van der Waals surface area contributed by atoms with Gasteiger partial charge in [0.05, 0.1) is 26.4 Å². The van der Waals surface area contributed by atoms with Crippen LogP contribution in [0.15, 0.2) is 0 Å². The second-order valence-corrected chi connectivity index (χ2v) is 26.1. The molecule has 0 aromatic rings. The van der Waals surface area contributed by atoms with Crippen molar-refractivity contribution in [3.8, 4) is 0 Å². The first kappa shape index (κ1) is 81.1. The van der Waals surface area contributed by atoms with Gasteiger partial charge >= 0.3 is 39.5 Å². The summed E-state index contributed by atoms with van der Waals surface area (Å²) in [5.74, 6) is -2.13. The molecule has 17 nitrogen and oxygen atoms in total. The molecule has 0 aliphatic carbocycles. The van der Waals surface area contributed by atoms with Gasteiger partial charge in [0, 0.05) is 25.7 Å². The Bertz CT molecular complexity index is 1600. The van der Waals surface area contributed by atoms with Crippen LogP contribution in [0.25, 0.3) is 0 Å². The van der Waals surface area contributed by atoms with Gasteiger partial charge < -0.3 is 33.8 Å². The number of rotatable bonds is 65. The highest BCUT2D eigenvalue weighted by molar-refractivity contribution is 7.47. The molecule has 0 heterocycles. The quantitative estimate of drug-likeness (QED) is 0.0222. The molecule has 2 unspecified atom stereocenters. The maximum absolute atomic E-state index is 13.0. The second-order valence-electron chi connectivity index (χ2n) is 23.2. The van der Waals surface area contributed by atoms with Crippen LogP contribution < -0.4 is 0 Å². The van der Waals surface area contributed by atoms with Gasteiger partial charge in [0.15, 0.2) is 12.2 Å². The molecule has 0 rings (SSSR count). The fourth-order valence-corrected chi connectivity index (χ4v) is 11.2. The highest BCUT2D eigenvalue weighted by Gasteiger charge is 2.30. The number of aliphatic hydroxyl groups excluding tert-OH is 1. The zero-order valence-corrected chi connectivity index (χ0v) is 54.9. The van der Waals surface area contributed by atoms with Gasteiger partial charge in [-0.05, 0) is 25.7 Å². The summed E-state index contributed by atoms with van der Waals surface area (Å²) in [5, 5.41) is 10.5. The smallest absolute Gasteiger partial charge is 0.462 e. The number of hydrogen-bond donors (Lipinski definition) is 3. The van der Waals surface area contributed by atoms with Crippen LogP contribution in [0.2, 0.25) is 0 Å². The molecule has 0 aromatic carbocycles. The Kier molecular flexibility index (Phi) is 57.7. The molecule has 0 aliphatic rings. The Hall–Kier alpha value is -1.94. The van der Waals surface area contributed by atoms with Crippen molar-refractivity contribution in [2.24, 2.45) is 0 Å². The van der Waals surface area contributed by atoms with E-state index in [1.165, 1.54) is 148 Å². The molecule has 3 N–H and O–H groups in total. The van der Waals surface area contributed by atoms with E-state index in [1.54, 1.807) is 0 Å². The maximum atomic E-state index is 13.0. The largest absolute Gasteiger partial charge is 0.472 e. The lowest BCUT2D eigenvalue weighted by Gasteiger charge is -2.21. The molecule has 0 saturated carbocycles. The topological polar surface area (TPSA) is 237 Å². The lowest BCUT2D eigenvalue weighted by molar-refractivity contribution is -0.161. The summed E-state index contributed by atoms with van der Waals surface area (Å²) in [6, 6.07) is 0. The molecule has 0 spiro atoms. The summed E-state index contributed by atoms with van der Waals surface area (Å²) in [5.41, 5.74) is 0. The highest BCUT2D eigenvalue weighted by atomic mass is 31.2. The Morgan fingerprint density at radius 2 is 0.482 bits per heavy atom. The minimum atomic E-state index is -4.94. The van der Waals surface area contributed by atoms with Crippen LogP contribution in [0.4, 0.5) is 0 Å². The molecule has 0 aromatic heterocycles. The van der Waals surface area contributed by atoms with Gasteiger partial charge in [-0.1, -0.05) is 278 Å². The maximum Gasteiger partial charge on any atom is 0.472 e. The lowest BCUT2D eigenvalue weighted by Crippen LogP contribution is -2.30. The first-order valence-electron chi connectivity index (χ1n) is 33.8. The van der Waals surface area contributed by atoms with E-state index >= 15 is 0 Å². The fourth-order valence-electron chi connectivity index (χ4n) is 9.63. The zero-order chi connectivity index (χ0) is 61.2. The van der Waals surface area contributed by atoms with Crippen molar-refractivity contribution in [1.82, 2.24) is 0 Å². The number of esters is 4. The minimum Gasteiger partial charge on any atom is -0.462 e. The summed E-state index contributed by atoms with van der Waals surface area (Å²) in [6.45, 7) is 4.85. The van der Waals surface area contributed by atoms with Crippen molar-refractivity contribution < 1.29 is 80.2 Å². The van der Waals surface area contributed by atoms with Crippen molar-refractivity contribution >= 4 is 39.5 Å². The van der Waals surface area contributed by atoms with E-state index in [1.807, 2.05) is 0 Å². The molecular weight excluding hydrogens is 1100 g/mol. The van der Waals surface area contributed by atoms with E-state index in [0.29, 0.717) is 25.7 Å². The van der Waals surface area contributed by atoms with E-state index in [0.717, 1.165) is 103 Å². The average molecular weight is 1230 g/mol. The standard InChI is InChI=1S/C64H124O17P2/c1-5-9-13-17-21-25-27-29-31-33-35-39-43-47-51-64(69)81-60(55-75-62(67)49-45-41-38-34-32-30-28-26-22-18-14-10-6-2)57-79-83(72,73)77-53-58(65)52-76-82(70,71)78-56-59(80-63(68)50-46-42-37-24-20-16-12-8-4)54-74-61(66)48-44-40-36-23-19-15-11-7-3/h58-60,65H,5-57H2,1-4H3,(H,70,71)(H,72,73)/t58-,59+,60+/m0/s1.